The van der Waals surface area contributed by atoms with Gasteiger partial charge in [0, 0.05) is 40.8 Å². The van der Waals surface area contributed by atoms with Crippen LogP contribution >= 0.6 is 11.6 Å². The second-order valence-corrected chi connectivity index (χ2v) is 11.5. The standard InChI is InChI=1S/C26H29ClN2O5S/c1-17(2)34-22-6-4-20(18(3)12-22)16-35(32,33)29-10-8-19(9-11-29)24-14-28(15-26(30)31)25-7-5-21(27)13-23(24)25/h4-8,12-14,17H,9-11,15-16H2,1-3H3,(H,30,31). The third kappa shape index (κ3) is 5.72. The van der Waals surface area contributed by atoms with Gasteiger partial charge in [-0.15, -0.1) is 0 Å². The summed E-state index contributed by atoms with van der Waals surface area (Å²) in [6.45, 7) is 6.25. The van der Waals surface area contributed by atoms with Crippen LogP contribution in [0.4, 0.5) is 0 Å². The van der Waals surface area contributed by atoms with Gasteiger partial charge in [0.25, 0.3) is 0 Å². The topological polar surface area (TPSA) is 88.8 Å². The van der Waals surface area contributed by atoms with Crippen molar-refractivity contribution in [3.63, 3.8) is 0 Å². The monoisotopic (exact) mass is 516 g/mol. The molecule has 1 aromatic heterocycles. The zero-order valence-electron chi connectivity index (χ0n) is 20.0. The van der Waals surface area contributed by atoms with E-state index in [2.05, 4.69) is 0 Å². The van der Waals surface area contributed by atoms with Crippen LogP contribution in [0.15, 0.2) is 48.7 Å². The first-order valence-electron chi connectivity index (χ1n) is 11.5. The number of carboxylic acid groups (broad SMARTS) is 1. The molecule has 0 saturated carbocycles. The Kier molecular flexibility index (Phi) is 7.26. The Hall–Kier alpha value is -2.81. The predicted molar refractivity (Wildman–Crippen MR) is 138 cm³/mol. The number of aryl methyl sites for hydroxylation is 1. The quantitative estimate of drug-likeness (QED) is 0.450. The molecule has 35 heavy (non-hydrogen) atoms. The highest BCUT2D eigenvalue weighted by Gasteiger charge is 2.26. The van der Waals surface area contributed by atoms with Crippen LogP contribution in [0, 0.1) is 6.92 Å². The van der Waals surface area contributed by atoms with E-state index in [1.807, 2.05) is 63.4 Å². The minimum Gasteiger partial charge on any atom is -0.491 e. The maximum atomic E-state index is 13.2. The summed E-state index contributed by atoms with van der Waals surface area (Å²) < 4.78 is 35.2. The van der Waals surface area contributed by atoms with Gasteiger partial charge < -0.3 is 14.4 Å². The van der Waals surface area contributed by atoms with Gasteiger partial charge in [-0.2, -0.15) is 4.31 Å². The third-order valence-electron chi connectivity index (χ3n) is 6.08. The molecule has 0 aliphatic carbocycles. The van der Waals surface area contributed by atoms with Crippen molar-refractivity contribution in [1.82, 2.24) is 8.87 Å². The molecule has 0 saturated heterocycles. The molecule has 186 valence electrons. The summed E-state index contributed by atoms with van der Waals surface area (Å²) in [6.07, 6.45) is 4.30. The zero-order valence-corrected chi connectivity index (χ0v) is 21.6. The molecule has 0 bridgehead atoms. The number of carboxylic acids is 1. The summed E-state index contributed by atoms with van der Waals surface area (Å²) in [5.41, 5.74) is 4.28. The normalized spacial score (nSPS) is 14.9. The number of rotatable bonds is 8. The number of halogens is 1. The van der Waals surface area contributed by atoms with Crippen molar-refractivity contribution in [1.29, 1.82) is 0 Å². The Labute approximate surface area is 210 Å². The fourth-order valence-electron chi connectivity index (χ4n) is 4.41. The Morgan fingerprint density at radius 2 is 1.97 bits per heavy atom. The van der Waals surface area contributed by atoms with Crippen LogP contribution in [0.1, 0.15) is 37.0 Å². The number of hydrogen-bond acceptors (Lipinski definition) is 4. The number of aliphatic carboxylic acids is 1. The van der Waals surface area contributed by atoms with Gasteiger partial charge in [-0.3, -0.25) is 4.79 Å². The fourth-order valence-corrected chi connectivity index (χ4v) is 6.16. The van der Waals surface area contributed by atoms with Crippen LogP contribution in [0.25, 0.3) is 16.5 Å². The maximum absolute atomic E-state index is 13.2. The highest BCUT2D eigenvalue weighted by atomic mass is 35.5. The molecule has 0 radical (unpaired) electrons. The van der Waals surface area contributed by atoms with Gasteiger partial charge in [0.15, 0.2) is 0 Å². The zero-order chi connectivity index (χ0) is 25.3. The molecule has 1 N–H and O–H groups in total. The Balaban J connectivity index is 1.54. The second-order valence-electron chi connectivity index (χ2n) is 9.07. The van der Waals surface area contributed by atoms with Gasteiger partial charge in [-0.25, -0.2) is 8.42 Å². The van der Waals surface area contributed by atoms with Crippen molar-refractivity contribution < 1.29 is 23.1 Å². The van der Waals surface area contributed by atoms with E-state index < -0.39 is 16.0 Å². The molecule has 0 spiro atoms. The second kappa shape index (κ2) is 10.0. The Morgan fingerprint density at radius 1 is 1.20 bits per heavy atom. The van der Waals surface area contributed by atoms with Crippen LogP contribution in [0.3, 0.4) is 0 Å². The van der Waals surface area contributed by atoms with Crippen molar-refractivity contribution in [2.45, 2.75) is 45.6 Å². The summed E-state index contributed by atoms with van der Waals surface area (Å²) in [5.74, 6) is -0.277. The van der Waals surface area contributed by atoms with E-state index in [-0.39, 0.29) is 24.9 Å². The summed E-state index contributed by atoms with van der Waals surface area (Å²) in [6, 6.07) is 10.9. The van der Waals surface area contributed by atoms with E-state index in [0.717, 1.165) is 38.9 Å². The smallest absolute Gasteiger partial charge is 0.323 e. The Bertz CT molecular complexity index is 1410. The van der Waals surface area contributed by atoms with E-state index in [1.54, 1.807) is 10.6 Å². The van der Waals surface area contributed by atoms with Gasteiger partial charge in [-0.1, -0.05) is 23.7 Å². The molecule has 0 atom stereocenters. The van der Waals surface area contributed by atoms with Crippen molar-refractivity contribution in [2.24, 2.45) is 0 Å². The Morgan fingerprint density at radius 3 is 2.60 bits per heavy atom. The molecule has 2 aromatic carbocycles. The molecular formula is C26H29ClN2O5S. The molecule has 0 amide bonds. The number of aromatic nitrogens is 1. The lowest BCUT2D eigenvalue weighted by atomic mass is 10.00. The molecule has 0 unspecified atom stereocenters. The average Bonchev–Trinajstić information content (AvgIpc) is 3.12. The first-order valence-corrected chi connectivity index (χ1v) is 13.5. The number of benzene rings is 2. The highest BCUT2D eigenvalue weighted by molar-refractivity contribution is 7.88. The number of fused-ring (bicyclic) bond motifs is 1. The summed E-state index contributed by atoms with van der Waals surface area (Å²) in [5, 5.41) is 10.7. The van der Waals surface area contributed by atoms with E-state index in [0.29, 0.717) is 18.0 Å². The van der Waals surface area contributed by atoms with Gasteiger partial charge >= 0.3 is 5.97 Å². The lowest BCUT2D eigenvalue weighted by Crippen LogP contribution is -2.35. The fraction of sp³-hybridized carbons (Fsp3) is 0.346. The van der Waals surface area contributed by atoms with Crippen molar-refractivity contribution in [3.8, 4) is 5.75 Å². The molecule has 0 fully saturated rings. The average molecular weight is 517 g/mol. The van der Waals surface area contributed by atoms with Crippen LogP contribution < -0.4 is 4.74 Å². The van der Waals surface area contributed by atoms with Crippen molar-refractivity contribution in [3.05, 3.63) is 70.4 Å². The highest BCUT2D eigenvalue weighted by Crippen LogP contribution is 2.33. The maximum Gasteiger partial charge on any atom is 0.323 e. The number of carbonyl (C=O) groups is 1. The summed E-state index contributed by atoms with van der Waals surface area (Å²) >= 11 is 6.21. The van der Waals surface area contributed by atoms with E-state index >= 15 is 0 Å². The van der Waals surface area contributed by atoms with E-state index in [4.69, 9.17) is 16.3 Å². The van der Waals surface area contributed by atoms with Gasteiger partial charge in [0.1, 0.15) is 12.3 Å². The molecule has 1 aliphatic heterocycles. The van der Waals surface area contributed by atoms with Gasteiger partial charge in [-0.05, 0) is 74.2 Å². The SMILES string of the molecule is Cc1cc(OC(C)C)ccc1CS(=O)(=O)N1CC=C(c2cn(CC(=O)O)c3ccc(Cl)cc23)CC1. The van der Waals surface area contributed by atoms with Crippen molar-refractivity contribution >= 4 is 44.1 Å². The summed E-state index contributed by atoms with van der Waals surface area (Å²) in [7, 11) is -3.52. The molecule has 4 rings (SSSR count). The van der Waals surface area contributed by atoms with Crippen LogP contribution in [-0.2, 0) is 27.1 Å². The van der Waals surface area contributed by atoms with Crippen LogP contribution in [0.2, 0.25) is 5.02 Å². The molecule has 9 heteroatoms. The van der Waals surface area contributed by atoms with Crippen molar-refractivity contribution in [2.75, 3.05) is 13.1 Å². The molecule has 7 nitrogen and oxygen atoms in total. The lowest BCUT2D eigenvalue weighted by molar-refractivity contribution is -0.137. The first-order chi connectivity index (χ1) is 16.5. The predicted octanol–water partition coefficient (Wildman–Crippen LogP) is 5.09. The minimum absolute atomic E-state index is 0.0486. The number of sulfonamides is 1. The molecule has 3 aromatic rings. The molecule has 1 aliphatic rings. The third-order valence-corrected chi connectivity index (χ3v) is 8.11. The molecule has 2 heterocycles. The van der Waals surface area contributed by atoms with Gasteiger partial charge in [0.2, 0.25) is 10.0 Å². The minimum atomic E-state index is -3.52. The van der Waals surface area contributed by atoms with E-state index in [1.165, 1.54) is 4.31 Å². The van der Waals surface area contributed by atoms with Crippen LogP contribution in [-0.4, -0.2) is 47.6 Å². The number of nitrogens with zero attached hydrogens (tertiary/aromatic N) is 2. The lowest BCUT2D eigenvalue weighted by Gasteiger charge is -2.26. The summed E-state index contributed by atoms with van der Waals surface area (Å²) in [4.78, 5) is 11.3. The van der Waals surface area contributed by atoms with E-state index in [9.17, 15) is 18.3 Å². The largest absolute Gasteiger partial charge is 0.491 e. The first kappa shape index (κ1) is 25.3. The van der Waals surface area contributed by atoms with Gasteiger partial charge in [0.05, 0.1) is 11.9 Å². The molecular weight excluding hydrogens is 488 g/mol. The number of hydrogen-bond donors (Lipinski definition) is 1. The number of ether oxygens (including phenoxy) is 1. The van der Waals surface area contributed by atoms with Crippen LogP contribution in [0.5, 0.6) is 5.75 Å².